The molecular formula is C24H38N4O3. The van der Waals surface area contributed by atoms with Gasteiger partial charge in [0.25, 0.3) is 11.8 Å². The molecule has 1 aliphatic heterocycles. The van der Waals surface area contributed by atoms with Crippen molar-refractivity contribution in [2.24, 2.45) is 0 Å². The number of imide groups is 1. The van der Waals surface area contributed by atoms with Crippen LogP contribution in [-0.4, -0.2) is 45.9 Å². The Morgan fingerprint density at radius 3 is 2.32 bits per heavy atom. The lowest BCUT2D eigenvalue weighted by Crippen LogP contribution is -2.48. The van der Waals surface area contributed by atoms with Crippen LogP contribution >= 0.6 is 0 Å². The number of rotatable bonds is 12. The number of nitrogens with one attached hydrogen (secondary N) is 2. The summed E-state index contributed by atoms with van der Waals surface area (Å²) >= 11 is 0. The molecule has 1 fully saturated rings. The summed E-state index contributed by atoms with van der Waals surface area (Å²) in [5.41, 5.74) is 3.02. The molecule has 1 aromatic carbocycles. The van der Waals surface area contributed by atoms with E-state index in [1.165, 1.54) is 6.42 Å². The van der Waals surface area contributed by atoms with Crippen LogP contribution in [0.1, 0.15) is 89.1 Å². The standard InChI is InChI=1S/C24H38N4O3/c1-6-8-9-10-11-16-24(5)22(30)28(23(31)25-24)26-21(29)20-14-12-19(13-15-20)17-27(7-2)18(3)4/h12-15,18H,6-11,16-17H2,1-5H3,(H,25,31)(H,26,29). The van der Waals surface area contributed by atoms with Gasteiger partial charge in [0.05, 0.1) is 0 Å². The van der Waals surface area contributed by atoms with E-state index in [1.54, 1.807) is 19.1 Å². The fourth-order valence-electron chi connectivity index (χ4n) is 3.86. The summed E-state index contributed by atoms with van der Waals surface area (Å²) < 4.78 is 0. The van der Waals surface area contributed by atoms with Crippen LogP contribution in [0.3, 0.4) is 0 Å². The molecule has 4 amide bonds. The van der Waals surface area contributed by atoms with Crippen molar-refractivity contribution in [2.45, 2.75) is 91.3 Å². The molecule has 2 rings (SSSR count). The third-order valence-corrected chi connectivity index (χ3v) is 5.99. The summed E-state index contributed by atoms with van der Waals surface area (Å²) in [6.45, 7) is 12.1. The van der Waals surface area contributed by atoms with E-state index in [0.717, 1.165) is 49.3 Å². The Hall–Kier alpha value is -2.41. The van der Waals surface area contributed by atoms with Crippen molar-refractivity contribution in [2.75, 3.05) is 6.54 Å². The molecule has 0 saturated carbocycles. The molecule has 1 aromatic rings. The van der Waals surface area contributed by atoms with Crippen LogP contribution in [0.2, 0.25) is 0 Å². The van der Waals surface area contributed by atoms with Gasteiger partial charge in [0, 0.05) is 18.2 Å². The number of carbonyl (C=O) groups is 3. The zero-order valence-electron chi connectivity index (χ0n) is 19.7. The molecule has 0 bridgehead atoms. The molecule has 7 heteroatoms. The smallest absolute Gasteiger partial charge is 0.322 e. The van der Waals surface area contributed by atoms with Crippen LogP contribution in [0.4, 0.5) is 4.79 Å². The number of urea groups is 1. The molecule has 1 saturated heterocycles. The van der Waals surface area contributed by atoms with Crippen LogP contribution in [0.15, 0.2) is 24.3 Å². The molecule has 7 nitrogen and oxygen atoms in total. The van der Waals surface area contributed by atoms with Gasteiger partial charge in [-0.05, 0) is 51.4 Å². The first-order valence-electron chi connectivity index (χ1n) is 11.5. The van der Waals surface area contributed by atoms with Crippen molar-refractivity contribution in [3.05, 3.63) is 35.4 Å². The minimum atomic E-state index is -0.971. The number of carbonyl (C=O) groups excluding carboxylic acids is 3. The molecule has 1 aliphatic rings. The van der Waals surface area contributed by atoms with E-state index in [2.05, 4.69) is 43.3 Å². The zero-order chi connectivity index (χ0) is 23.0. The molecule has 2 N–H and O–H groups in total. The van der Waals surface area contributed by atoms with Gasteiger partial charge in [-0.2, -0.15) is 5.01 Å². The first-order chi connectivity index (χ1) is 14.7. The topological polar surface area (TPSA) is 81.8 Å². The Morgan fingerprint density at radius 1 is 1.10 bits per heavy atom. The van der Waals surface area contributed by atoms with Gasteiger partial charge in [0.15, 0.2) is 0 Å². The maximum atomic E-state index is 12.8. The van der Waals surface area contributed by atoms with Crippen LogP contribution in [0.25, 0.3) is 0 Å². The van der Waals surface area contributed by atoms with Gasteiger partial charge >= 0.3 is 6.03 Å². The lowest BCUT2D eigenvalue weighted by atomic mass is 9.94. The van der Waals surface area contributed by atoms with Gasteiger partial charge in [-0.15, -0.1) is 0 Å². The number of benzene rings is 1. The third kappa shape index (κ3) is 6.53. The minimum absolute atomic E-state index is 0.408. The molecule has 0 aromatic heterocycles. The predicted octanol–water partition coefficient (Wildman–Crippen LogP) is 4.23. The Kier molecular flexibility index (Phi) is 9.04. The van der Waals surface area contributed by atoms with Crippen LogP contribution in [0.5, 0.6) is 0 Å². The molecule has 31 heavy (non-hydrogen) atoms. The fourth-order valence-corrected chi connectivity index (χ4v) is 3.86. The monoisotopic (exact) mass is 430 g/mol. The summed E-state index contributed by atoms with van der Waals surface area (Å²) in [5.74, 6) is -0.882. The second kappa shape index (κ2) is 11.3. The van der Waals surface area contributed by atoms with E-state index < -0.39 is 23.4 Å². The van der Waals surface area contributed by atoms with Gasteiger partial charge in [0.1, 0.15) is 5.54 Å². The second-order valence-corrected chi connectivity index (χ2v) is 8.86. The lowest BCUT2D eigenvalue weighted by Gasteiger charge is -2.24. The summed E-state index contributed by atoms with van der Waals surface area (Å²) in [4.78, 5) is 40.1. The number of hydrogen-bond acceptors (Lipinski definition) is 4. The Balaban J connectivity index is 1.95. The van der Waals surface area contributed by atoms with Crippen molar-refractivity contribution in [3.63, 3.8) is 0 Å². The highest BCUT2D eigenvalue weighted by molar-refractivity contribution is 6.09. The van der Waals surface area contributed by atoms with Gasteiger partial charge in [0.2, 0.25) is 0 Å². The van der Waals surface area contributed by atoms with Crippen LogP contribution in [0, 0.1) is 0 Å². The summed E-state index contributed by atoms with van der Waals surface area (Å²) in [7, 11) is 0. The minimum Gasteiger partial charge on any atom is -0.322 e. The number of amides is 4. The van der Waals surface area contributed by atoms with Gasteiger partial charge in [-0.3, -0.25) is 19.9 Å². The molecule has 1 heterocycles. The van der Waals surface area contributed by atoms with E-state index in [0.29, 0.717) is 18.0 Å². The number of nitrogens with zero attached hydrogens (tertiary/aromatic N) is 2. The Bertz CT molecular complexity index is 763. The highest BCUT2D eigenvalue weighted by Gasteiger charge is 2.48. The molecule has 0 spiro atoms. The average Bonchev–Trinajstić information content (AvgIpc) is 2.95. The number of hydrogen-bond donors (Lipinski definition) is 2. The van der Waals surface area contributed by atoms with Crippen LogP contribution < -0.4 is 10.7 Å². The maximum absolute atomic E-state index is 12.8. The average molecular weight is 431 g/mol. The SMILES string of the molecule is CCCCCCCC1(C)NC(=O)N(NC(=O)c2ccc(CN(CC)C(C)C)cc2)C1=O. The Morgan fingerprint density at radius 2 is 1.74 bits per heavy atom. The molecule has 0 radical (unpaired) electrons. The van der Waals surface area contributed by atoms with Crippen molar-refractivity contribution in [1.29, 1.82) is 0 Å². The van der Waals surface area contributed by atoms with Gasteiger partial charge < -0.3 is 5.32 Å². The van der Waals surface area contributed by atoms with Crippen molar-refractivity contribution < 1.29 is 14.4 Å². The van der Waals surface area contributed by atoms with Crippen molar-refractivity contribution >= 4 is 17.8 Å². The van der Waals surface area contributed by atoms with E-state index in [4.69, 9.17) is 0 Å². The summed E-state index contributed by atoms with van der Waals surface area (Å²) in [6, 6.07) is 7.13. The summed E-state index contributed by atoms with van der Waals surface area (Å²) in [6.07, 6.45) is 5.90. The molecular weight excluding hydrogens is 392 g/mol. The molecule has 1 atom stereocenters. The van der Waals surface area contributed by atoms with E-state index in [1.807, 2.05) is 12.1 Å². The second-order valence-electron chi connectivity index (χ2n) is 8.86. The van der Waals surface area contributed by atoms with Gasteiger partial charge in [-0.1, -0.05) is 58.1 Å². The fraction of sp³-hybridized carbons (Fsp3) is 0.625. The largest absolute Gasteiger partial charge is 0.344 e. The number of unbranched alkanes of at least 4 members (excludes halogenated alkanes) is 4. The van der Waals surface area contributed by atoms with E-state index >= 15 is 0 Å². The zero-order valence-corrected chi connectivity index (χ0v) is 19.7. The van der Waals surface area contributed by atoms with Gasteiger partial charge in [-0.25, -0.2) is 4.79 Å². The first-order valence-corrected chi connectivity index (χ1v) is 11.5. The number of hydrazine groups is 1. The Labute approximate surface area is 186 Å². The van der Waals surface area contributed by atoms with Crippen molar-refractivity contribution in [3.8, 4) is 0 Å². The van der Waals surface area contributed by atoms with Crippen LogP contribution in [-0.2, 0) is 11.3 Å². The van der Waals surface area contributed by atoms with E-state index in [9.17, 15) is 14.4 Å². The highest BCUT2D eigenvalue weighted by atomic mass is 16.2. The molecule has 172 valence electrons. The quantitative estimate of drug-likeness (QED) is 0.384. The lowest BCUT2D eigenvalue weighted by molar-refractivity contribution is -0.132. The maximum Gasteiger partial charge on any atom is 0.344 e. The first kappa shape index (κ1) is 24.9. The normalized spacial score (nSPS) is 18.7. The van der Waals surface area contributed by atoms with E-state index in [-0.39, 0.29) is 0 Å². The summed E-state index contributed by atoms with van der Waals surface area (Å²) in [5, 5.41) is 3.56. The molecule has 1 unspecified atom stereocenters. The predicted molar refractivity (Wildman–Crippen MR) is 122 cm³/mol. The third-order valence-electron chi connectivity index (χ3n) is 5.99. The van der Waals surface area contributed by atoms with Crippen molar-refractivity contribution in [1.82, 2.24) is 20.7 Å². The molecule has 0 aliphatic carbocycles. The highest BCUT2D eigenvalue weighted by Crippen LogP contribution is 2.23.